The van der Waals surface area contributed by atoms with Crippen molar-refractivity contribution in [3.8, 4) is 5.75 Å². The van der Waals surface area contributed by atoms with E-state index in [0.29, 0.717) is 6.61 Å². The topological polar surface area (TPSA) is 73.6 Å². The van der Waals surface area contributed by atoms with Crippen LogP contribution >= 0.6 is 18.2 Å². The van der Waals surface area contributed by atoms with Crippen molar-refractivity contribution >= 4 is 35.7 Å². The molecule has 0 aliphatic heterocycles. The van der Waals surface area contributed by atoms with Gasteiger partial charge in [0.1, 0.15) is 0 Å². The largest absolute Gasteiger partial charge is 0.425 e. The van der Waals surface area contributed by atoms with E-state index in [2.05, 4.69) is 5.09 Å². The number of nitro benzene ring substituents is 1. The minimum Gasteiger partial charge on any atom is -0.425 e. The van der Waals surface area contributed by atoms with Crippen molar-refractivity contribution < 1.29 is 14.0 Å². The molecule has 0 aromatic heterocycles. The first-order chi connectivity index (χ1) is 9.81. The van der Waals surface area contributed by atoms with Crippen LogP contribution in [0.2, 0.25) is 5.02 Å². The maximum atomic E-state index is 11.1. The van der Waals surface area contributed by atoms with Gasteiger partial charge in [-0.15, -0.1) is 0 Å². The first-order valence-corrected chi connectivity index (χ1v) is 9.48. The Labute approximate surface area is 134 Å². The number of hydrogen-bond donors (Lipinski definition) is 1. The van der Waals surface area contributed by atoms with Gasteiger partial charge in [-0.05, 0) is 44.2 Å². The molecule has 0 amide bonds. The first-order valence-electron chi connectivity index (χ1n) is 6.47. The van der Waals surface area contributed by atoms with E-state index in [0.717, 1.165) is 6.42 Å². The molecule has 6 nitrogen and oxygen atoms in total. The molecule has 1 aromatic rings. The Bertz CT molecular complexity index is 558. The summed E-state index contributed by atoms with van der Waals surface area (Å²) in [5.41, 5.74) is -0.234. The van der Waals surface area contributed by atoms with E-state index in [-0.39, 0.29) is 22.5 Å². The summed E-state index contributed by atoms with van der Waals surface area (Å²) in [6.07, 6.45) is 0.831. The summed E-state index contributed by atoms with van der Waals surface area (Å²) in [6, 6.07) is 4.25. The molecule has 1 aromatic carbocycles. The Balaban J connectivity index is 3.09. The number of halogens is 1. The zero-order valence-corrected chi connectivity index (χ0v) is 14.5. The average Bonchev–Trinajstić information content (AvgIpc) is 2.40. The Morgan fingerprint density at radius 1 is 1.52 bits per heavy atom. The molecule has 118 valence electrons. The van der Waals surface area contributed by atoms with Crippen molar-refractivity contribution in [3.63, 3.8) is 0 Å². The third-order valence-electron chi connectivity index (χ3n) is 2.63. The van der Waals surface area contributed by atoms with E-state index in [9.17, 15) is 10.1 Å². The van der Waals surface area contributed by atoms with Gasteiger partial charge in [0, 0.05) is 17.1 Å². The van der Waals surface area contributed by atoms with Gasteiger partial charge in [0.15, 0.2) is 0 Å². The molecular formula is C12H18ClN2O4PS. The van der Waals surface area contributed by atoms with E-state index in [1.54, 1.807) is 6.92 Å². The lowest BCUT2D eigenvalue weighted by molar-refractivity contribution is -0.385. The predicted octanol–water partition coefficient (Wildman–Crippen LogP) is 4.28. The standard InChI is InChI=1S/C12H18ClN2O4PS/c1-4-9(3)14-20(21,18-5-2)19-12-7-6-10(13)8-11(12)15(16)17/h6-9H,4-5H2,1-3H3,(H,14,21). The fraction of sp³-hybridized carbons (Fsp3) is 0.500. The molecule has 0 spiro atoms. The lowest BCUT2D eigenvalue weighted by Crippen LogP contribution is -2.25. The second-order valence-corrected chi connectivity index (χ2v) is 7.89. The van der Waals surface area contributed by atoms with Crippen molar-refractivity contribution in [3.05, 3.63) is 33.3 Å². The van der Waals surface area contributed by atoms with Crippen LogP contribution in [0.1, 0.15) is 27.2 Å². The SMILES string of the molecule is CCOP(=S)(NC(C)CC)Oc1ccc(Cl)cc1[N+](=O)[O-]. The van der Waals surface area contributed by atoms with Crippen LogP contribution in [-0.2, 0) is 16.3 Å². The molecule has 0 fully saturated rings. The Morgan fingerprint density at radius 2 is 2.19 bits per heavy atom. The molecule has 1 rings (SSSR count). The Kier molecular flexibility index (Phi) is 7.03. The molecule has 0 bridgehead atoms. The quantitative estimate of drug-likeness (QED) is 0.427. The minimum absolute atomic E-state index is 0.0528. The number of nitrogens with zero attached hydrogens (tertiary/aromatic N) is 1. The number of nitrogens with one attached hydrogen (secondary N) is 1. The van der Waals surface area contributed by atoms with E-state index >= 15 is 0 Å². The van der Waals surface area contributed by atoms with Gasteiger partial charge >= 0.3 is 12.3 Å². The zero-order valence-electron chi connectivity index (χ0n) is 12.0. The van der Waals surface area contributed by atoms with Gasteiger partial charge in [-0.2, -0.15) is 0 Å². The van der Waals surface area contributed by atoms with Crippen LogP contribution in [0.4, 0.5) is 5.69 Å². The molecule has 0 heterocycles. The highest BCUT2D eigenvalue weighted by Crippen LogP contribution is 2.48. The zero-order chi connectivity index (χ0) is 16.0. The second-order valence-electron chi connectivity index (χ2n) is 4.31. The van der Waals surface area contributed by atoms with Crippen LogP contribution in [0.5, 0.6) is 5.75 Å². The van der Waals surface area contributed by atoms with Gasteiger partial charge in [0.2, 0.25) is 5.75 Å². The highest BCUT2D eigenvalue weighted by atomic mass is 35.5. The maximum Gasteiger partial charge on any atom is 0.313 e. The summed E-state index contributed by atoms with van der Waals surface area (Å²) in [6.45, 7) is 3.22. The van der Waals surface area contributed by atoms with Crippen molar-refractivity contribution in [2.24, 2.45) is 0 Å². The molecule has 0 radical (unpaired) electrons. The van der Waals surface area contributed by atoms with Crippen LogP contribution in [0.3, 0.4) is 0 Å². The highest BCUT2D eigenvalue weighted by Gasteiger charge is 2.26. The van der Waals surface area contributed by atoms with Crippen molar-refractivity contribution in [2.45, 2.75) is 33.2 Å². The van der Waals surface area contributed by atoms with Crippen molar-refractivity contribution in [1.82, 2.24) is 5.09 Å². The summed E-state index contributed by atoms with van der Waals surface area (Å²) >= 11 is 11.2. The number of hydrogen-bond acceptors (Lipinski definition) is 5. The smallest absolute Gasteiger partial charge is 0.313 e. The number of nitro groups is 1. The fourth-order valence-electron chi connectivity index (χ4n) is 1.46. The van der Waals surface area contributed by atoms with Crippen LogP contribution in [-0.4, -0.2) is 17.6 Å². The van der Waals surface area contributed by atoms with Crippen molar-refractivity contribution in [2.75, 3.05) is 6.61 Å². The monoisotopic (exact) mass is 352 g/mol. The first kappa shape index (κ1) is 18.3. The summed E-state index contributed by atoms with van der Waals surface area (Å²) in [5.74, 6) is 0.0528. The van der Waals surface area contributed by atoms with Gasteiger partial charge in [-0.25, -0.2) is 5.09 Å². The van der Waals surface area contributed by atoms with Gasteiger partial charge in [0.25, 0.3) is 0 Å². The summed E-state index contributed by atoms with van der Waals surface area (Å²) < 4.78 is 11.2. The lowest BCUT2D eigenvalue weighted by atomic mass is 10.3. The summed E-state index contributed by atoms with van der Waals surface area (Å²) in [5, 5.41) is 14.4. The van der Waals surface area contributed by atoms with Gasteiger partial charge in [-0.1, -0.05) is 18.5 Å². The summed E-state index contributed by atoms with van der Waals surface area (Å²) in [4.78, 5) is 10.5. The van der Waals surface area contributed by atoms with Crippen LogP contribution < -0.4 is 9.61 Å². The molecule has 0 saturated carbocycles. The third-order valence-corrected chi connectivity index (χ3v) is 5.51. The minimum atomic E-state index is -2.86. The summed E-state index contributed by atoms with van der Waals surface area (Å²) in [7, 11) is 0. The second kappa shape index (κ2) is 8.06. The molecule has 0 aliphatic carbocycles. The Hall–Kier alpha value is -0.720. The maximum absolute atomic E-state index is 11.1. The van der Waals surface area contributed by atoms with E-state index < -0.39 is 11.6 Å². The number of rotatable bonds is 8. The van der Waals surface area contributed by atoms with Gasteiger partial charge < -0.3 is 9.05 Å². The average molecular weight is 353 g/mol. The predicted molar refractivity (Wildman–Crippen MR) is 87.5 cm³/mol. The van der Waals surface area contributed by atoms with Gasteiger partial charge in [0.05, 0.1) is 11.5 Å². The molecule has 9 heteroatoms. The molecule has 2 atom stereocenters. The third kappa shape index (κ3) is 5.52. The molecule has 2 unspecified atom stereocenters. The lowest BCUT2D eigenvalue weighted by Gasteiger charge is -2.25. The normalized spacial score (nSPS) is 15.2. The van der Waals surface area contributed by atoms with E-state index in [1.807, 2.05) is 13.8 Å². The molecule has 0 saturated heterocycles. The highest BCUT2D eigenvalue weighted by molar-refractivity contribution is 8.09. The molecule has 0 aliphatic rings. The Morgan fingerprint density at radius 3 is 2.71 bits per heavy atom. The van der Waals surface area contributed by atoms with Crippen LogP contribution in [0.25, 0.3) is 0 Å². The van der Waals surface area contributed by atoms with Gasteiger partial charge in [-0.3, -0.25) is 10.1 Å². The van der Waals surface area contributed by atoms with E-state index in [4.69, 9.17) is 32.5 Å². The van der Waals surface area contributed by atoms with Crippen LogP contribution in [0.15, 0.2) is 18.2 Å². The fourth-order valence-corrected chi connectivity index (χ4v) is 4.38. The van der Waals surface area contributed by atoms with E-state index in [1.165, 1.54) is 18.2 Å². The molecular weight excluding hydrogens is 335 g/mol. The van der Waals surface area contributed by atoms with Crippen molar-refractivity contribution in [1.29, 1.82) is 0 Å². The number of benzene rings is 1. The molecule has 1 N–H and O–H groups in total. The molecule has 21 heavy (non-hydrogen) atoms. The van der Waals surface area contributed by atoms with Crippen LogP contribution in [0, 0.1) is 10.1 Å².